The van der Waals surface area contributed by atoms with Crippen LogP contribution in [0.1, 0.15) is 27.3 Å². The molecule has 0 atom stereocenters. The van der Waals surface area contributed by atoms with Crippen LogP contribution in [0, 0.1) is 13.8 Å². The van der Waals surface area contributed by atoms with Gasteiger partial charge in [-0.25, -0.2) is 8.42 Å². The molecule has 2 heterocycles. The molecule has 2 aromatic rings. The summed E-state index contributed by atoms with van der Waals surface area (Å²) in [4.78, 5) is 12.5. The van der Waals surface area contributed by atoms with Crippen molar-refractivity contribution >= 4 is 27.3 Å². The lowest BCUT2D eigenvalue weighted by molar-refractivity contribution is 0.102. The van der Waals surface area contributed by atoms with Crippen molar-refractivity contribution in [1.82, 2.24) is 9.78 Å². The van der Waals surface area contributed by atoms with E-state index in [2.05, 4.69) is 10.4 Å². The summed E-state index contributed by atoms with van der Waals surface area (Å²) in [5.74, 6) is -0.227. The number of hydrogen-bond donors (Lipinski definition) is 1. The summed E-state index contributed by atoms with van der Waals surface area (Å²) in [5, 5.41) is 7.17. The Morgan fingerprint density at radius 3 is 2.58 bits per heavy atom. The molecule has 7 nitrogen and oxygen atoms in total. The molecule has 0 saturated heterocycles. The molecule has 1 aromatic heterocycles. The maximum Gasteiger partial charge on any atom is 0.255 e. The number of amides is 1. The zero-order chi connectivity index (χ0) is 17.6. The van der Waals surface area contributed by atoms with E-state index in [9.17, 15) is 13.2 Å². The van der Waals surface area contributed by atoms with Gasteiger partial charge in [0.2, 0.25) is 10.0 Å². The number of benzene rings is 1. The highest BCUT2D eigenvalue weighted by Crippen LogP contribution is 2.31. The number of carbonyl (C=O) groups is 1. The summed E-state index contributed by atoms with van der Waals surface area (Å²) in [6, 6.07) is 5.11. The molecule has 0 radical (unpaired) electrons. The fraction of sp³-hybridized carbons (Fsp3) is 0.375. The maximum atomic E-state index is 12.5. The molecule has 8 heteroatoms. The van der Waals surface area contributed by atoms with Gasteiger partial charge in [-0.1, -0.05) is 0 Å². The molecule has 0 fully saturated rings. The quantitative estimate of drug-likeness (QED) is 0.913. The van der Waals surface area contributed by atoms with Crippen molar-refractivity contribution in [3.05, 3.63) is 40.7 Å². The largest absolute Gasteiger partial charge is 0.319 e. The summed E-state index contributed by atoms with van der Waals surface area (Å²) >= 11 is 0. The predicted molar refractivity (Wildman–Crippen MR) is 93.0 cm³/mol. The minimum Gasteiger partial charge on any atom is -0.319 e. The Hall–Kier alpha value is -2.35. The van der Waals surface area contributed by atoms with Gasteiger partial charge in [0.25, 0.3) is 5.91 Å². The van der Waals surface area contributed by atoms with E-state index in [1.54, 1.807) is 22.9 Å². The Labute approximate surface area is 141 Å². The Balaban J connectivity index is 1.88. The van der Waals surface area contributed by atoms with Crippen LogP contribution in [-0.4, -0.2) is 36.9 Å². The Kier molecular flexibility index (Phi) is 3.87. The minimum absolute atomic E-state index is 0.227. The number of hydrogen-bond acceptors (Lipinski definition) is 4. The van der Waals surface area contributed by atoms with Gasteiger partial charge in [0.15, 0.2) is 0 Å². The van der Waals surface area contributed by atoms with E-state index in [1.165, 1.54) is 10.6 Å². The van der Waals surface area contributed by atoms with Crippen LogP contribution in [0.25, 0.3) is 0 Å². The molecule has 24 heavy (non-hydrogen) atoms. The molecule has 128 valence electrons. The average molecular weight is 348 g/mol. The molecular formula is C16H20N4O3S. The minimum atomic E-state index is -3.28. The van der Waals surface area contributed by atoms with Crippen LogP contribution in [0.4, 0.5) is 11.4 Å². The normalized spacial score (nSPS) is 13.9. The molecule has 3 rings (SSSR count). The number of aryl methyl sites for hydroxylation is 2. The molecule has 1 amide bonds. The first-order valence-corrected chi connectivity index (χ1v) is 9.45. The summed E-state index contributed by atoms with van der Waals surface area (Å²) < 4.78 is 26.6. The lowest BCUT2D eigenvalue weighted by atomic mass is 10.1. The van der Waals surface area contributed by atoms with Crippen LogP contribution in [0.2, 0.25) is 0 Å². The van der Waals surface area contributed by atoms with Crippen LogP contribution in [0.5, 0.6) is 0 Å². The van der Waals surface area contributed by atoms with E-state index in [0.29, 0.717) is 29.9 Å². The highest BCUT2D eigenvalue weighted by Gasteiger charge is 2.27. The average Bonchev–Trinajstić information content (AvgIpc) is 3.03. The van der Waals surface area contributed by atoms with Crippen molar-refractivity contribution < 1.29 is 13.2 Å². The van der Waals surface area contributed by atoms with Gasteiger partial charge in [-0.05, 0) is 44.0 Å². The van der Waals surface area contributed by atoms with Crippen molar-refractivity contribution in [3.63, 3.8) is 0 Å². The maximum absolute atomic E-state index is 12.5. The lowest BCUT2D eigenvalue weighted by Crippen LogP contribution is -2.27. The zero-order valence-electron chi connectivity index (χ0n) is 14.1. The zero-order valence-corrected chi connectivity index (χ0v) is 14.9. The van der Waals surface area contributed by atoms with E-state index in [-0.39, 0.29) is 5.91 Å². The molecule has 1 N–H and O–H groups in total. The van der Waals surface area contributed by atoms with Crippen LogP contribution in [0.3, 0.4) is 0 Å². The van der Waals surface area contributed by atoms with Gasteiger partial charge in [0.05, 0.1) is 29.0 Å². The predicted octanol–water partition coefficient (Wildman–Crippen LogP) is 1.61. The monoisotopic (exact) mass is 348 g/mol. The number of anilines is 2. The number of sulfonamides is 1. The first-order chi connectivity index (χ1) is 11.2. The number of nitrogens with one attached hydrogen (secondary N) is 1. The van der Waals surface area contributed by atoms with Crippen LogP contribution in [-0.2, 0) is 23.5 Å². The molecule has 1 aromatic carbocycles. The van der Waals surface area contributed by atoms with Crippen LogP contribution in [0.15, 0.2) is 18.2 Å². The Morgan fingerprint density at radius 1 is 1.29 bits per heavy atom. The fourth-order valence-electron chi connectivity index (χ4n) is 3.00. The molecule has 1 aliphatic heterocycles. The molecule has 0 saturated carbocycles. The lowest BCUT2D eigenvalue weighted by Gasteiger charge is -2.16. The SMILES string of the molecule is Cc1nn(C)c(C)c1NC(=O)c1ccc2c(c1)CCN2S(C)(=O)=O. The molecule has 0 bridgehead atoms. The number of aromatic nitrogens is 2. The molecule has 0 spiro atoms. The third-order valence-electron chi connectivity index (χ3n) is 4.34. The standard InChI is InChI=1S/C16H20N4O3S/c1-10-15(11(2)19(3)18-10)17-16(21)13-5-6-14-12(9-13)7-8-20(14)24(4,22)23/h5-6,9H,7-8H2,1-4H3,(H,17,21). The van der Waals surface area contributed by atoms with Gasteiger partial charge in [-0.3, -0.25) is 13.8 Å². The summed E-state index contributed by atoms with van der Waals surface area (Å²) in [6.07, 6.45) is 1.80. The Morgan fingerprint density at radius 2 is 2.00 bits per heavy atom. The first kappa shape index (κ1) is 16.5. The molecular weight excluding hydrogens is 328 g/mol. The third-order valence-corrected chi connectivity index (χ3v) is 5.52. The Bertz CT molecular complexity index is 931. The van der Waals surface area contributed by atoms with Gasteiger partial charge < -0.3 is 5.32 Å². The topological polar surface area (TPSA) is 84.3 Å². The first-order valence-electron chi connectivity index (χ1n) is 7.60. The van der Waals surface area contributed by atoms with Crippen molar-refractivity contribution in [2.45, 2.75) is 20.3 Å². The summed E-state index contributed by atoms with van der Waals surface area (Å²) in [5.41, 5.74) is 4.38. The van der Waals surface area contributed by atoms with Crippen molar-refractivity contribution in [2.75, 3.05) is 22.4 Å². The second kappa shape index (κ2) is 5.62. The second-order valence-corrected chi connectivity index (χ2v) is 7.96. The summed E-state index contributed by atoms with van der Waals surface area (Å²) in [7, 11) is -1.46. The van der Waals surface area contributed by atoms with E-state index in [1.807, 2.05) is 20.9 Å². The van der Waals surface area contributed by atoms with Crippen molar-refractivity contribution in [1.29, 1.82) is 0 Å². The van der Waals surface area contributed by atoms with Gasteiger partial charge in [-0.15, -0.1) is 0 Å². The highest BCUT2D eigenvalue weighted by atomic mass is 32.2. The van der Waals surface area contributed by atoms with E-state index in [4.69, 9.17) is 0 Å². The van der Waals surface area contributed by atoms with Gasteiger partial charge in [0, 0.05) is 19.2 Å². The van der Waals surface area contributed by atoms with E-state index in [0.717, 1.165) is 17.0 Å². The highest BCUT2D eigenvalue weighted by molar-refractivity contribution is 7.92. The number of fused-ring (bicyclic) bond motifs is 1. The van der Waals surface area contributed by atoms with Gasteiger partial charge >= 0.3 is 0 Å². The van der Waals surface area contributed by atoms with E-state index < -0.39 is 10.0 Å². The summed E-state index contributed by atoms with van der Waals surface area (Å²) in [6.45, 7) is 4.15. The van der Waals surface area contributed by atoms with Crippen molar-refractivity contribution in [3.8, 4) is 0 Å². The third kappa shape index (κ3) is 2.77. The van der Waals surface area contributed by atoms with E-state index >= 15 is 0 Å². The van der Waals surface area contributed by atoms with Gasteiger partial charge in [0.1, 0.15) is 0 Å². The number of rotatable bonds is 3. The molecule has 0 unspecified atom stereocenters. The van der Waals surface area contributed by atoms with Crippen LogP contribution < -0.4 is 9.62 Å². The number of nitrogens with zero attached hydrogens (tertiary/aromatic N) is 3. The van der Waals surface area contributed by atoms with Gasteiger partial charge in [-0.2, -0.15) is 5.10 Å². The fourth-order valence-corrected chi connectivity index (χ4v) is 3.96. The second-order valence-electron chi connectivity index (χ2n) is 6.05. The molecule has 0 aliphatic carbocycles. The number of carbonyl (C=O) groups excluding carboxylic acids is 1. The van der Waals surface area contributed by atoms with Crippen molar-refractivity contribution in [2.24, 2.45) is 7.05 Å². The molecule has 1 aliphatic rings. The van der Waals surface area contributed by atoms with Crippen LogP contribution >= 0.6 is 0 Å². The smallest absolute Gasteiger partial charge is 0.255 e.